The first-order valence-electron chi connectivity index (χ1n) is 4.46. The molecule has 4 nitrogen and oxygen atoms in total. The molecule has 0 radical (unpaired) electrons. The van der Waals surface area contributed by atoms with Gasteiger partial charge >= 0.3 is 5.97 Å². The molecule has 1 unspecified atom stereocenters. The van der Waals surface area contributed by atoms with Crippen LogP contribution in [0.2, 0.25) is 0 Å². The first kappa shape index (κ1) is 9.53. The highest BCUT2D eigenvalue weighted by molar-refractivity contribution is 5.97. The fourth-order valence-electron chi connectivity index (χ4n) is 1.69. The lowest BCUT2D eigenvalue weighted by atomic mass is 10.0. The van der Waals surface area contributed by atoms with Crippen LogP contribution >= 0.6 is 0 Å². The van der Waals surface area contributed by atoms with E-state index in [1.807, 2.05) is 13.0 Å². The van der Waals surface area contributed by atoms with E-state index in [-0.39, 0.29) is 0 Å². The quantitative estimate of drug-likeness (QED) is 0.652. The van der Waals surface area contributed by atoms with Gasteiger partial charge in [-0.05, 0) is 18.6 Å². The number of carbonyl (C=O) groups excluding carboxylic acids is 1. The van der Waals surface area contributed by atoms with E-state index < -0.39 is 12.1 Å². The zero-order valence-electron chi connectivity index (χ0n) is 8.40. The lowest BCUT2D eigenvalue weighted by Crippen LogP contribution is -1.98. The summed E-state index contributed by atoms with van der Waals surface area (Å²) in [6.45, 7) is 1.88. The first-order valence-corrected chi connectivity index (χ1v) is 4.46. The van der Waals surface area contributed by atoms with Gasteiger partial charge in [-0.1, -0.05) is 6.07 Å². The van der Waals surface area contributed by atoms with Gasteiger partial charge < -0.3 is 9.47 Å². The van der Waals surface area contributed by atoms with Crippen LogP contribution in [0.4, 0.5) is 0 Å². The van der Waals surface area contributed by atoms with Crippen molar-refractivity contribution in [2.24, 2.45) is 0 Å². The highest BCUT2D eigenvalue weighted by Crippen LogP contribution is 2.36. The third kappa shape index (κ3) is 1.33. The topological polar surface area (TPSA) is 59.3 Å². The van der Waals surface area contributed by atoms with E-state index in [0.717, 1.165) is 5.56 Å². The number of nitriles is 1. The highest BCUT2D eigenvalue weighted by Gasteiger charge is 2.34. The Morgan fingerprint density at radius 1 is 1.53 bits per heavy atom. The maximum absolute atomic E-state index is 11.5. The lowest BCUT2D eigenvalue weighted by molar-refractivity contribution is 0.0476. The van der Waals surface area contributed by atoms with Crippen molar-refractivity contribution in [3.8, 4) is 11.8 Å². The van der Waals surface area contributed by atoms with E-state index in [9.17, 15) is 4.79 Å². The summed E-state index contributed by atoms with van der Waals surface area (Å²) < 4.78 is 9.99. The molecule has 0 bridgehead atoms. The van der Waals surface area contributed by atoms with Gasteiger partial charge in [0, 0.05) is 5.56 Å². The molecule has 1 aromatic rings. The fraction of sp³-hybridized carbons (Fsp3) is 0.273. The maximum atomic E-state index is 11.5. The Morgan fingerprint density at radius 2 is 2.27 bits per heavy atom. The number of cyclic esters (lactones) is 1. The number of carbonyl (C=O) groups is 1. The van der Waals surface area contributed by atoms with Gasteiger partial charge in [-0.3, -0.25) is 0 Å². The molecular formula is C11H9NO3. The molecule has 0 fully saturated rings. The molecule has 0 aromatic heterocycles. The van der Waals surface area contributed by atoms with E-state index in [1.165, 1.54) is 7.11 Å². The molecule has 1 aromatic carbocycles. The number of hydrogen-bond donors (Lipinski definition) is 0. The molecule has 1 aliphatic rings. The molecule has 15 heavy (non-hydrogen) atoms. The van der Waals surface area contributed by atoms with Gasteiger partial charge in [-0.25, -0.2) is 4.79 Å². The average molecular weight is 203 g/mol. The van der Waals surface area contributed by atoms with Crippen LogP contribution in [0.15, 0.2) is 12.1 Å². The zero-order valence-corrected chi connectivity index (χ0v) is 8.40. The van der Waals surface area contributed by atoms with Gasteiger partial charge in [0.25, 0.3) is 0 Å². The standard InChI is InChI=1S/C11H9NO3/c1-6-3-7-9(5-12)15-11(13)10(7)8(4-6)14-2/h3-4,9H,1-2H3. The SMILES string of the molecule is COc1cc(C)cc2c1C(=O)OC2C#N. The Labute approximate surface area is 87.0 Å². The van der Waals surface area contributed by atoms with Crippen molar-refractivity contribution in [2.45, 2.75) is 13.0 Å². The van der Waals surface area contributed by atoms with Crippen molar-refractivity contribution < 1.29 is 14.3 Å². The van der Waals surface area contributed by atoms with Crippen molar-refractivity contribution in [2.75, 3.05) is 7.11 Å². The van der Waals surface area contributed by atoms with Crippen LogP contribution in [-0.4, -0.2) is 13.1 Å². The van der Waals surface area contributed by atoms with Crippen LogP contribution in [-0.2, 0) is 4.74 Å². The summed E-state index contributed by atoms with van der Waals surface area (Å²) in [4.78, 5) is 11.5. The van der Waals surface area contributed by atoms with Crippen LogP contribution in [0.5, 0.6) is 5.75 Å². The first-order chi connectivity index (χ1) is 7.17. The summed E-state index contributed by atoms with van der Waals surface area (Å²) in [5.74, 6) is -0.0267. The molecular weight excluding hydrogens is 194 g/mol. The van der Waals surface area contributed by atoms with Crippen LogP contribution in [0, 0.1) is 18.3 Å². The van der Waals surface area contributed by atoms with Crippen molar-refractivity contribution in [1.82, 2.24) is 0 Å². The minimum absolute atomic E-state index is 0.370. The molecule has 0 saturated carbocycles. The van der Waals surface area contributed by atoms with Crippen LogP contribution in [0.25, 0.3) is 0 Å². The Kier molecular flexibility index (Phi) is 2.09. The summed E-state index contributed by atoms with van der Waals surface area (Å²) in [6.07, 6.45) is -0.804. The number of nitrogens with zero attached hydrogens (tertiary/aromatic N) is 1. The zero-order chi connectivity index (χ0) is 11.0. The Hall–Kier alpha value is -2.02. The smallest absolute Gasteiger partial charge is 0.344 e. The lowest BCUT2D eigenvalue weighted by Gasteiger charge is -2.05. The number of fused-ring (bicyclic) bond motifs is 1. The molecule has 0 saturated heterocycles. The average Bonchev–Trinajstić information content (AvgIpc) is 2.54. The maximum Gasteiger partial charge on any atom is 0.344 e. The highest BCUT2D eigenvalue weighted by atomic mass is 16.6. The number of benzene rings is 1. The van der Waals surface area contributed by atoms with Gasteiger partial charge in [-0.15, -0.1) is 0 Å². The molecule has 0 spiro atoms. The van der Waals surface area contributed by atoms with Gasteiger partial charge in [0.05, 0.1) is 7.11 Å². The molecule has 2 rings (SSSR count). The van der Waals surface area contributed by atoms with Gasteiger partial charge in [0.2, 0.25) is 6.10 Å². The number of methoxy groups -OCH3 is 1. The van der Waals surface area contributed by atoms with Crippen molar-refractivity contribution in [3.05, 3.63) is 28.8 Å². The molecule has 1 atom stereocenters. The number of ether oxygens (including phenoxy) is 2. The molecule has 1 aliphatic heterocycles. The largest absolute Gasteiger partial charge is 0.496 e. The van der Waals surface area contributed by atoms with Gasteiger partial charge in [-0.2, -0.15) is 5.26 Å². The second kappa shape index (κ2) is 3.28. The van der Waals surface area contributed by atoms with Gasteiger partial charge in [0.15, 0.2) is 0 Å². The van der Waals surface area contributed by atoms with Crippen molar-refractivity contribution in [3.63, 3.8) is 0 Å². The number of aryl methyl sites for hydroxylation is 1. The fourth-order valence-corrected chi connectivity index (χ4v) is 1.69. The minimum Gasteiger partial charge on any atom is -0.496 e. The molecule has 1 heterocycles. The molecule has 0 amide bonds. The molecule has 0 N–H and O–H groups in total. The summed E-state index contributed by atoms with van der Waals surface area (Å²) in [6, 6.07) is 5.45. The number of hydrogen-bond acceptors (Lipinski definition) is 4. The molecule has 0 aliphatic carbocycles. The number of esters is 1. The second-order valence-electron chi connectivity index (χ2n) is 3.35. The van der Waals surface area contributed by atoms with Crippen LogP contribution < -0.4 is 4.74 Å². The molecule has 4 heteroatoms. The Morgan fingerprint density at radius 3 is 2.87 bits per heavy atom. The molecule has 76 valence electrons. The van der Waals surface area contributed by atoms with E-state index in [0.29, 0.717) is 16.9 Å². The summed E-state index contributed by atoms with van der Waals surface area (Å²) in [7, 11) is 1.49. The predicted molar refractivity (Wildman–Crippen MR) is 51.5 cm³/mol. The third-order valence-corrected chi connectivity index (χ3v) is 2.33. The number of rotatable bonds is 1. The van der Waals surface area contributed by atoms with E-state index in [4.69, 9.17) is 14.7 Å². The minimum atomic E-state index is -0.804. The van der Waals surface area contributed by atoms with Gasteiger partial charge in [0.1, 0.15) is 17.4 Å². The Balaban J connectivity index is 2.67. The van der Waals surface area contributed by atoms with Crippen LogP contribution in [0.1, 0.15) is 27.6 Å². The second-order valence-corrected chi connectivity index (χ2v) is 3.35. The van der Waals surface area contributed by atoms with E-state index in [1.54, 1.807) is 12.1 Å². The normalized spacial score (nSPS) is 17.9. The van der Waals surface area contributed by atoms with Crippen molar-refractivity contribution in [1.29, 1.82) is 5.26 Å². The third-order valence-electron chi connectivity index (χ3n) is 2.33. The monoisotopic (exact) mass is 203 g/mol. The van der Waals surface area contributed by atoms with Crippen LogP contribution in [0.3, 0.4) is 0 Å². The van der Waals surface area contributed by atoms with Crippen molar-refractivity contribution >= 4 is 5.97 Å². The van der Waals surface area contributed by atoms with E-state index in [2.05, 4.69) is 0 Å². The van der Waals surface area contributed by atoms with E-state index >= 15 is 0 Å². The Bertz CT molecular complexity index is 473. The summed E-state index contributed by atoms with van der Waals surface area (Å²) in [5.41, 5.74) is 1.90. The predicted octanol–water partition coefficient (Wildman–Crippen LogP) is 1.74. The summed E-state index contributed by atoms with van der Waals surface area (Å²) >= 11 is 0. The summed E-state index contributed by atoms with van der Waals surface area (Å²) in [5, 5.41) is 8.82.